The minimum atomic E-state index is -0.957. The van der Waals surface area contributed by atoms with Crippen LogP contribution < -0.4 is 5.32 Å². The maximum Gasteiger partial charge on any atom is 0.408 e. The van der Waals surface area contributed by atoms with Crippen LogP contribution >= 0.6 is 11.8 Å². The van der Waals surface area contributed by atoms with E-state index in [1.807, 2.05) is 0 Å². The van der Waals surface area contributed by atoms with Gasteiger partial charge in [-0.25, -0.2) is 9.59 Å². The fourth-order valence-electron chi connectivity index (χ4n) is 1.46. The number of carbonyl (C=O) groups excluding carboxylic acids is 2. The molecule has 0 aliphatic heterocycles. The van der Waals surface area contributed by atoms with Gasteiger partial charge in [0.05, 0.1) is 12.0 Å². The van der Waals surface area contributed by atoms with Crippen LogP contribution in [0.5, 0.6) is 11.8 Å². The van der Waals surface area contributed by atoms with Crippen LogP contribution in [0.25, 0.3) is 0 Å². The highest BCUT2D eigenvalue weighted by atomic mass is 32.2. The zero-order valence-corrected chi connectivity index (χ0v) is 13.6. The van der Waals surface area contributed by atoms with Crippen molar-refractivity contribution in [1.29, 1.82) is 0 Å². The third-order valence-corrected chi connectivity index (χ3v) is 3.45. The van der Waals surface area contributed by atoms with Gasteiger partial charge in [-0.3, -0.25) is 4.98 Å². The molecule has 0 aliphatic carbocycles. The second-order valence-corrected chi connectivity index (χ2v) is 6.46. The van der Waals surface area contributed by atoms with E-state index in [1.165, 1.54) is 13.2 Å². The number of aromatic nitrogens is 1. The van der Waals surface area contributed by atoms with Crippen LogP contribution in [0, 0.1) is 0 Å². The predicted octanol–water partition coefficient (Wildman–Crippen LogP) is 1.58. The molecule has 1 aromatic heterocycles. The number of rotatable bonds is 5. The number of alkyl carbamates (subject to hydrolysis) is 1. The summed E-state index contributed by atoms with van der Waals surface area (Å²) in [5.41, 5.74) is -0.692. The summed E-state index contributed by atoms with van der Waals surface area (Å²) in [6.45, 7) is 5.11. The van der Waals surface area contributed by atoms with E-state index < -0.39 is 23.7 Å². The molecule has 0 aromatic carbocycles. The van der Waals surface area contributed by atoms with Crippen LogP contribution in [0.4, 0.5) is 4.79 Å². The molecule has 0 radical (unpaired) electrons. The van der Waals surface area contributed by atoms with Crippen LogP contribution in [0.15, 0.2) is 11.0 Å². The van der Waals surface area contributed by atoms with Gasteiger partial charge in [0.25, 0.3) is 0 Å². The van der Waals surface area contributed by atoms with E-state index in [0.717, 1.165) is 11.8 Å². The van der Waals surface area contributed by atoms with Crippen LogP contribution in [0.1, 0.15) is 20.8 Å². The number of ether oxygens (including phenoxy) is 2. The standard InChI is InChI=1S/C13H20N2O6S/c1-13(2,3)21-12(19)14-7(11(18)20-4)6-22-8-5-9(16)15-10(8)17/h5,7,15-17H,6H2,1-4H3,(H,14,19)/t7-/m0/s1. The van der Waals surface area contributed by atoms with Gasteiger partial charge in [-0.05, 0) is 20.8 Å². The van der Waals surface area contributed by atoms with Crippen molar-refractivity contribution in [2.75, 3.05) is 12.9 Å². The highest BCUT2D eigenvalue weighted by Crippen LogP contribution is 2.31. The van der Waals surface area contributed by atoms with E-state index >= 15 is 0 Å². The normalized spacial score (nSPS) is 12.5. The monoisotopic (exact) mass is 332 g/mol. The van der Waals surface area contributed by atoms with E-state index in [9.17, 15) is 19.8 Å². The highest BCUT2D eigenvalue weighted by molar-refractivity contribution is 7.99. The van der Waals surface area contributed by atoms with Crippen LogP contribution in [-0.4, -0.2) is 51.8 Å². The van der Waals surface area contributed by atoms with Gasteiger partial charge in [0.15, 0.2) is 5.88 Å². The fraction of sp³-hybridized carbons (Fsp3) is 0.538. The molecule has 0 aliphatic rings. The Balaban J connectivity index is 2.67. The summed E-state index contributed by atoms with van der Waals surface area (Å²) in [4.78, 5) is 26.1. The van der Waals surface area contributed by atoms with Crippen molar-refractivity contribution in [3.63, 3.8) is 0 Å². The number of hydrogen-bond acceptors (Lipinski definition) is 7. The summed E-state index contributed by atoms with van der Waals surface area (Å²) in [5, 5.41) is 21.1. The topological polar surface area (TPSA) is 121 Å². The molecule has 4 N–H and O–H groups in total. The van der Waals surface area contributed by atoms with Crippen molar-refractivity contribution < 1.29 is 29.3 Å². The Morgan fingerprint density at radius 2 is 2.05 bits per heavy atom. The third kappa shape index (κ3) is 5.76. The number of methoxy groups -OCH3 is 1. The van der Waals surface area contributed by atoms with Gasteiger partial charge in [0.1, 0.15) is 11.6 Å². The lowest BCUT2D eigenvalue weighted by Crippen LogP contribution is -2.45. The number of thioether (sulfide) groups is 1. The molecule has 1 amide bonds. The number of amides is 1. The van der Waals surface area contributed by atoms with Crippen LogP contribution in [0.3, 0.4) is 0 Å². The first-order valence-electron chi connectivity index (χ1n) is 6.43. The second-order valence-electron chi connectivity index (χ2n) is 5.40. The molecule has 1 rings (SSSR count). The van der Waals surface area contributed by atoms with Gasteiger partial charge in [-0.15, -0.1) is 11.8 Å². The Kier molecular flexibility index (Phi) is 5.98. The quantitative estimate of drug-likeness (QED) is 0.477. The molecule has 8 nitrogen and oxygen atoms in total. The Bertz CT molecular complexity index is 537. The molecular weight excluding hydrogens is 312 g/mol. The molecule has 22 heavy (non-hydrogen) atoms. The summed E-state index contributed by atoms with van der Waals surface area (Å²) in [6, 6.07) is 0.350. The molecule has 9 heteroatoms. The molecule has 1 atom stereocenters. The van der Waals surface area contributed by atoms with E-state index in [4.69, 9.17) is 4.74 Å². The summed E-state index contributed by atoms with van der Waals surface area (Å²) in [7, 11) is 1.20. The maximum atomic E-state index is 11.7. The zero-order chi connectivity index (χ0) is 16.9. The SMILES string of the molecule is COC(=O)[C@H](CSc1cc(O)[nH]c1O)NC(=O)OC(C)(C)C. The van der Waals surface area contributed by atoms with Gasteiger partial charge in [-0.2, -0.15) is 0 Å². The summed E-state index contributed by atoms with van der Waals surface area (Å²) in [5.74, 6) is -0.966. The average Bonchev–Trinajstić information content (AvgIpc) is 2.69. The molecule has 0 fully saturated rings. The molecule has 1 heterocycles. The molecule has 0 unspecified atom stereocenters. The van der Waals surface area contributed by atoms with Gasteiger partial charge in [0.2, 0.25) is 5.88 Å². The first-order chi connectivity index (χ1) is 10.1. The zero-order valence-electron chi connectivity index (χ0n) is 12.8. The smallest absolute Gasteiger partial charge is 0.408 e. The Morgan fingerprint density at radius 1 is 1.41 bits per heavy atom. The summed E-state index contributed by atoms with van der Waals surface area (Å²) >= 11 is 1.07. The molecule has 0 saturated heterocycles. The lowest BCUT2D eigenvalue weighted by Gasteiger charge is -2.22. The van der Waals surface area contributed by atoms with Gasteiger partial charge >= 0.3 is 12.1 Å². The van der Waals surface area contributed by atoms with Crippen molar-refractivity contribution in [3.8, 4) is 11.8 Å². The highest BCUT2D eigenvalue weighted by Gasteiger charge is 2.25. The Morgan fingerprint density at radius 3 is 2.50 bits per heavy atom. The number of aromatic hydroxyl groups is 2. The number of aromatic amines is 1. The van der Waals surface area contributed by atoms with Crippen LogP contribution in [-0.2, 0) is 14.3 Å². The average molecular weight is 332 g/mol. The summed E-state index contributed by atoms with van der Waals surface area (Å²) in [6.07, 6.45) is -0.746. The molecule has 0 spiro atoms. The third-order valence-electron chi connectivity index (χ3n) is 2.33. The van der Waals surface area contributed by atoms with E-state index in [1.54, 1.807) is 20.8 Å². The molecular formula is C13H20N2O6S. The fourth-order valence-corrected chi connectivity index (χ4v) is 2.40. The first-order valence-corrected chi connectivity index (χ1v) is 7.42. The second kappa shape index (κ2) is 7.30. The number of carbonyl (C=O) groups is 2. The molecule has 1 aromatic rings. The van der Waals surface area contributed by atoms with Gasteiger partial charge in [0, 0.05) is 11.8 Å². The lowest BCUT2D eigenvalue weighted by molar-refractivity contribution is -0.142. The van der Waals surface area contributed by atoms with E-state index in [0.29, 0.717) is 4.90 Å². The molecule has 0 bridgehead atoms. The first kappa shape index (κ1) is 18.0. The number of nitrogens with one attached hydrogen (secondary N) is 2. The number of hydrogen-bond donors (Lipinski definition) is 4. The minimum Gasteiger partial charge on any atom is -0.494 e. The number of esters is 1. The van der Waals surface area contributed by atoms with E-state index in [-0.39, 0.29) is 17.5 Å². The number of H-pyrrole nitrogens is 1. The molecule has 0 saturated carbocycles. The maximum absolute atomic E-state index is 11.7. The minimum absolute atomic E-state index is 0.0940. The van der Waals surface area contributed by atoms with Crippen molar-refractivity contribution in [3.05, 3.63) is 6.07 Å². The van der Waals surface area contributed by atoms with Gasteiger partial charge < -0.3 is 25.0 Å². The predicted molar refractivity (Wildman–Crippen MR) is 80.0 cm³/mol. The summed E-state index contributed by atoms with van der Waals surface area (Å²) < 4.78 is 9.71. The Labute approximate surface area is 132 Å². The van der Waals surface area contributed by atoms with Crippen LogP contribution in [0.2, 0.25) is 0 Å². The van der Waals surface area contributed by atoms with Crippen molar-refractivity contribution >= 4 is 23.8 Å². The van der Waals surface area contributed by atoms with Crippen molar-refractivity contribution in [2.24, 2.45) is 0 Å². The molecule has 124 valence electrons. The Hall–Kier alpha value is -2.03. The largest absolute Gasteiger partial charge is 0.494 e. The van der Waals surface area contributed by atoms with Gasteiger partial charge in [-0.1, -0.05) is 0 Å². The van der Waals surface area contributed by atoms with Crippen molar-refractivity contribution in [1.82, 2.24) is 10.3 Å². The van der Waals surface area contributed by atoms with Crippen molar-refractivity contribution in [2.45, 2.75) is 37.3 Å². The lowest BCUT2D eigenvalue weighted by atomic mass is 10.2. The van der Waals surface area contributed by atoms with E-state index in [2.05, 4.69) is 15.0 Å².